The first-order valence-corrected chi connectivity index (χ1v) is 7.93. The Morgan fingerprint density at radius 2 is 1.71 bits per heavy atom. The summed E-state index contributed by atoms with van der Waals surface area (Å²) in [5, 5.41) is 2.91. The molecular formula is C17H14Cl3N. The minimum Gasteiger partial charge on any atom is -0.343 e. The van der Waals surface area contributed by atoms with Crippen molar-refractivity contribution in [3.8, 4) is 0 Å². The number of nitrogens with zero attached hydrogens (tertiary/aromatic N) is 1. The number of benzene rings is 2. The van der Waals surface area contributed by atoms with Gasteiger partial charge >= 0.3 is 0 Å². The van der Waals surface area contributed by atoms with Crippen molar-refractivity contribution in [3.05, 3.63) is 68.8 Å². The largest absolute Gasteiger partial charge is 0.343 e. The van der Waals surface area contributed by atoms with Crippen molar-refractivity contribution in [2.45, 2.75) is 19.9 Å². The lowest BCUT2D eigenvalue weighted by molar-refractivity contribution is 0.837. The highest BCUT2D eigenvalue weighted by molar-refractivity contribution is 6.44. The summed E-state index contributed by atoms with van der Waals surface area (Å²) in [6.45, 7) is 2.76. The molecule has 3 rings (SSSR count). The summed E-state index contributed by atoms with van der Waals surface area (Å²) < 4.78 is 2.14. The highest BCUT2D eigenvalue weighted by Crippen LogP contribution is 2.32. The highest BCUT2D eigenvalue weighted by Gasteiger charge is 2.11. The Bertz CT molecular complexity index is 805. The van der Waals surface area contributed by atoms with Crippen molar-refractivity contribution in [3.63, 3.8) is 0 Å². The van der Waals surface area contributed by atoms with Gasteiger partial charge in [-0.15, -0.1) is 0 Å². The van der Waals surface area contributed by atoms with Crippen molar-refractivity contribution >= 4 is 45.7 Å². The van der Waals surface area contributed by atoms with Gasteiger partial charge in [0.25, 0.3) is 0 Å². The monoisotopic (exact) mass is 337 g/mol. The lowest BCUT2D eigenvalue weighted by atomic mass is 10.1. The molecule has 0 aliphatic rings. The average Bonchev–Trinajstić information content (AvgIpc) is 2.89. The van der Waals surface area contributed by atoms with E-state index in [-0.39, 0.29) is 0 Å². The van der Waals surface area contributed by atoms with Crippen LogP contribution in [-0.2, 0) is 13.0 Å². The summed E-state index contributed by atoms with van der Waals surface area (Å²) in [6, 6.07) is 12.1. The number of aromatic nitrogens is 1. The first kappa shape index (κ1) is 14.8. The van der Waals surface area contributed by atoms with Crippen molar-refractivity contribution < 1.29 is 0 Å². The van der Waals surface area contributed by atoms with E-state index < -0.39 is 0 Å². The Balaban J connectivity index is 2.05. The Morgan fingerprint density at radius 3 is 2.48 bits per heavy atom. The summed E-state index contributed by atoms with van der Waals surface area (Å²) in [7, 11) is 0. The molecule has 0 aliphatic heterocycles. The number of halogens is 3. The number of hydrogen-bond acceptors (Lipinski definition) is 0. The molecule has 0 N–H and O–H groups in total. The maximum atomic E-state index is 6.28. The predicted octanol–water partition coefficient (Wildman–Crippen LogP) is 6.21. The molecule has 0 amide bonds. The van der Waals surface area contributed by atoms with Crippen LogP contribution in [0.5, 0.6) is 0 Å². The summed E-state index contributed by atoms with van der Waals surface area (Å²) in [5.41, 5.74) is 3.35. The molecule has 21 heavy (non-hydrogen) atoms. The van der Waals surface area contributed by atoms with Gasteiger partial charge < -0.3 is 4.57 Å². The van der Waals surface area contributed by atoms with Crippen molar-refractivity contribution in [2.75, 3.05) is 0 Å². The van der Waals surface area contributed by atoms with Gasteiger partial charge in [0.1, 0.15) is 0 Å². The van der Waals surface area contributed by atoms with Crippen LogP contribution in [0.15, 0.2) is 42.6 Å². The SMILES string of the molecule is CCc1ccc2c(ccn2Cc2c(Cl)ccc(Cl)c2Cl)c1. The summed E-state index contributed by atoms with van der Waals surface area (Å²) in [6.07, 6.45) is 3.09. The van der Waals surface area contributed by atoms with E-state index in [1.165, 1.54) is 16.5 Å². The molecule has 0 unspecified atom stereocenters. The molecule has 1 aromatic heterocycles. The molecule has 0 bridgehead atoms. The third-order valence-electron chi connectivity index (χ3n) is 3.71. The minimum absolute atomic E-state index is 0.524. The van der Waals surface area contributed by atoms with E-state index in [2.05, 4.69) is 42.0 Å². The molecule has 1 heterocycles. The van der Waals surface area contributed by atoms with E-state index in [1.54, 1.807) is 12.1 Å². The second kappa shape index (κ2) is 5.92. The molecule has 0 spiro atoms. The van der Waals surface area contributed by atoms with Crippen LogP contribution in [0.1, 0.15) is 18.1 Å². The fraction of sp³-hybridized carbons (Fsp3) is 0.176. The van der Waals surface area contributed by atoms with Crippen LogP contribution >= 0.6 is 34.8 Å². The zero-order valence-corrected chi connectivity index (χ0v) is 13.8. The second-order valence-electron chi connectivity index (χ2n) is 5.01. The molecule has 0 aliphatic carbocycles. The Labute approximate surface area is 139 Å². The van der Waals surface area contributed by atoms with Gasteiger partial charge in [-0.05, 0) is 47.7 Å². The second-order valence-corrected chi connectivity index (χ2v) is 6.20. The van der Waals surface area contributed by atoms with Gasteiger partial charge in [-0.25, -0.2) is 0 Å². The average molecular weight is 339 g/mol. The fourth-order valence-corrected chi connectivity index (χ4v) is 3.16. The number of rotatable bonds is 3. The Morgan fingerprint density at radius 1 is 0.952 bits per heavy atom. The quantitative estimate of drug-likeness (QED) is 0.500. The minimum atomic E-state index is 0.524. The third kappa shape index (κ3) is 2.78. The van der Waals surface area contributed by atoms with E-state index in [4.69, 9.17) is 34.8 Å². The van der Waals surface area contributed by atoms with Gasteiger partial charge in [-0.3, -0.25) is 0 Å². The van der Waals surface area contributed by atoms with Gasteiger partial charge in [0.05, 0.1) is 16.6 Å². The number of hydrogen-bond donors (Lipinski definition) is 0. The molecule has 0 saturated carbocycles. The first-order valence-electron chi connectivity index (χ1n) is 6.80. The molecule has 0 atom stereocenters. The van der Waals surface area contributed by atoms with E-state index in [9.17, 15) is 0 Å². The molecule has 0 fully saturated rings. The maximum Gasteiger partial charge on any atom is 0.0657 e. The van der Waals surface area contributed by atoms with Crippen molar-refractivity contribution in [1.29, 1.82) is 0 Å². The van der Waals surface area contributed by atoms with Crippen LogP contribution in [0.25, 0.3) is 10.9 Å². The number of fused-ring (bicyclic) bond motifs is 1. The summed E-state index contributed by atoms with van der Waals surface area (Å²) >= 11 is 18.6. The third-order valence-corrected chi connectivity index (χ3v) is 4.91. The molecule has 0 radical (unpaired) electrons. The van der Waals surface area contributed by atoms with E-state index >= 15 is 0 Å². The lowest BCUT2D eigenvalue weighted by Crippen LogP contribution is -2.00. The van der Waals surface area contributed by atoms with Gasteiger partial charge in [0.2, 0.25) is 0 Å². The van der Waals surface area contributed by atoms with Gasteiger partial charge in [-0.2, -0.15) is 0 Å². The normalized spacial score (nSPS) is 11.2. The maximum absolute atomic E-state index is 6.28. The predicted molar refractivity (Wildman–Crippen MR) is 91.9 cm³/mol. The van der Waals surface area contributed by atoms with Crippen LogP contribution < -0.4 is 0 Å². The standard InChI is InChI=1S/C17H14Cl3N/c1-2-11-3-6-16-12(9-11)7-8-21(16)10-13-14(18)4-5-15(19)17(13)20/h3-9H,2,10H2,1H3. The van der Waals surface area contributed by atoms with Crippen molar-refractivity contribution in [1.82, 2.24) is 4.57 Å². The van der Waals surface area contributed by atoms with Crippen LogP contribution in [0.3, 0.4) is 0 Å². The topological polar surface area (TPSA) is 4.93 Å². The summed E-state index contributed by atoms with van der Waals surface area (Å²) in [4.78, 5) is 0. The molecule has 4 heteroatoms. The van der Waals surface area contributed by atoms with Crippen LogP contribution in [0.4, 0.5) is 0 Å². The zero-order valence-electron chi connectivity index (χ0n) is 11.5. The van der Waals surface area contributed by atoms with Crippen LogP contribution in [0, 0.1) is 0 Å². The molecule has 3 aromatic rings. The fourth-order valence-electron chi connectivity index (χ4n) is 2.49. The molecule has 108 valence electrons. The lowest BCUT2D eigenvalue weighted by Gasteiger charge is -2.11. The van der Waals surface area contributed by atoms with Gasteiger partial charge in [-0.1, -0.05) is 47.8 Å². The molecular weight excluding hydrogens is 325 g/mol. The molecule has 1 nitrogen and oxygen atoms in total. The van der Waals surface area contributed by atoms with E-state index in [0.717, 1.165) is 12.0 Å². The Kier molecular flexibility index (Phi) is 4.17. The smallest absolute Gasteiger partial charge is 0.0657 e. The highest BCUT2D eigenvalue weighted by atomic mass is 35.5. The summed E-state index contributed by atoms with van der Waals surface area (Å²) in [5.74, 6) is 0. The first-order chi connectivity index (χ1) is 10.1. The van der Waals surface area contributed by atoms with Crippen LogP contribution in [0.2, 0.25) is 15.1 Å². The molecule has 0 saturated heterocycles. The van der Waals surface area contributed by atoms with E-state index in [1.807, 2.05) is 0 Å². The van der Waals surface area contributed by atoms with Gasteiger partial charge in [0.15, 0.2) is 0 Å². The van der Waals surface area contributed by atoms with Crippen molar-refractivity contribution in [2.24, 2.45) is 0 Å². The number of aryl methyl sites for hydroxylation is 1. The van der Waals surface area contributed by atoms with E-state index in [0.29, 0.717) is 21.6 Å². The Hall–Kier alpha value is -1.15. The van der Waals surface area contributed by atoms with Crippen LogP contribution in [-0.4, -0.2) is 4.57 Å². The molecule has 2 aromatic carbocycles. The van der Waals surface area contributed by atoms with Gasteiger partial charge in [0, 0.05) is 22.3 Å². The zero-order chi connectivity index (χ0) is 15.0.